The van der Waals surface area contributed by atoms with Crippen LogP contribution in [0.2, 0.25) is 0 Å². The van der Waals surface area contributed by atoms with E-state index in [1.807, 2.05) is 53.9 Å². The van der Waals surface area contributed by atoms with Crippen LogP contribution in [0.4, 0.5) is 10.1 Å². The fourth-order valence-corrected chi connectivity index (χ4v) is 3.21. The predicted molar refractivity (Wildman–Crippen MR) is 106 cm³/mol. The summed E-state index contributed by atoms with van der Waals surface area (Å²) in [6.45, 7) is 2.86. The summed E-state index contributed by atoms with van der Waals surface area (Å²) in [5.41, 5.74) is 5.34. The van der Waals surface area contributed by atoms with Gasteiger partial charge in [0.15, 0.2) is 0 Å². The van der Waals surface area contributed by atoms with Gasteiger partial charge in [0.1, 0.15) is 11.5 Å². The molecule has 140 valence electrons. The summed E-state index contributed by atoms with van der Waals surface area (Å²) in [7, 11) is 0. The van der Waals surface area contributed by atoms with Gasteiger partial charge in [-0.1, -0.05) is 24.3 Å². The zero-order chi connectivity index (χ0) is 19.5. The topological polar surface area (TPSA) is 46.8 Å². The van der Waals surface area contributed by atoms with E-state index in [1.54, 1.807) is 18.3 Å². The van der Waals surface area contributed by atoms with Crippen LogP contribution in [0.3, 0.4) is 0 Å². The maximum Gasteiger partial charge on any atom is 0.320 e. The third-order valence-corrected chi connectivity index (χ3v) is 4.58. The average molecular weight is 375 g/mol. The van der Waals surface area contributed by atoms with E-state index in [9.17, 15) is 9.18 Å². The van der Waals surface area contributed by atoms with Gasteiger partial charge in [-0.2, -0.15) is 0 Å². The van der Waals surface area contributed by atoms with Crippen LogP contribution in [0.25, 0.3) is 28.0 Å². The van der Waals surface area contributed by atoms with Crippen molar-refractivity contribution >= 4 is 17.8 Å². The van der Waals surface area contributed by atoms with Crippen LogP contribution in [0.5, 0.6) is 0 Å². The lowest BCUT2D eigenvalue weighted by atomic mass is 10.1. The molecule has 0 aliphatic heterocycles. The number of hydrogen-bond acceptors (Lipinski definition) is 4. The number of nitrogens with zero attached hydrogens (tertiary/aromatic N) is 3. The normalized spacial score (nSPS) is 10.8. The van der Waals surface area contributed by atoms with Gasteiger partial charge in [-0.25, -0.2) is 14.4 Å². The van der Waals surface area contributed by atoms with E-state index in [0.717, 1.165) is 33.7 Å². The summed E-state index contributed by atoms with van der Waals surface area (Å²) >= 11 is 0. The summed E-state index contributed by atoms with van der Waals surface area (Å²) in [5, 5.41) is 1.52. The van der Waals surface area contributed by atoms with E-state index < -0.39 is 0 Å². The Balaban J connectivity index is 1.72. The number of hydroxylamine groups is 1. The molecule has 0 unspecified atom stereocenters. The highest BCUT2D eigenvalue weighted by atomic mass is 19.1. The van der Waals surface area contributed by atoms with Crippen molar-refractivity contribution in [1.82, 2.24) is 9.38 Å². The number of benzene rings is 2. The molecule has 6 heteroatoms. The Hall–Kier alpha value is -3.67. The molecule has 0 fully saturated rings. The van der Waals surface area contributed by atoms with Gasteiger partial charge in [0.2, 0.25) is 0 Å². The smallest absolute Gasteiger partial charge is 0.320 e. The van der Waals surface area contributed by atoms with Crippen LogP contribution in [-0.2, 0) is 9.63 Å². The highest BCUT2D eigenvalue weighted by molar-refractivity contribution is 5.72. The number of rotatable bonds is 6. The number of hydrogen-bond donors (Lipinski definition) is 0. The predicted octanol–water partition coefficient (Wildman–Crippen LogP) is 4.72. The van der Waals surface area contributed by atoms with Gasteiger partial charge >= 0.3 is 6.47 Å². The SMILES string of the molecule is CCN(OC=O)c1cccc(-c2cnc3cc(-c4ccc(F)cc4)ccn23)c1. The lowest BCUT2D eigenvalue weighted by molar-refractivity contribution is -0.130. The Morgan fingerprint density at radius 1 is 1.07 bits per heavy atom. The van der Waals surface area contributed by atoms with E-state index >= 15 is 0 Å². The molecule has 0 N–H and O–H groups in total. The largest absolute Gasteiger partial charge is 0.344 e. The molecule has 2 aromatic carbocycles. The number of pyridine rings is 1. The van der Waals surface area contributed by atoms with E-state index in [-0.39, 0.29) is 5.82 Å². The maximum absolute atomic E-state index is 13.2. The van der Waals surface area contributed by atoms with Crippen LogP contribution in [0.15, 0.2) is 73.1 Å². The van der Waals surface area contributed by atoms with E-state index in [4.69, 9.17) is 4.84 Å². The Bertz CT molecular complexity index is 1120. The molecule has 0 spiro atoms. The summed E-state index contributed by atoms with van der Waals surface area (Å²) in [4.78, 5) is 20.2. The van der Waals surface area contributed by atoms with Crippen molar-refractivity contribution in [3.63, 3.8) is 0 Å². The molecule has 4 rings (SSSR count). The number of anilines is 1. The molecule has 2 aromatic heterocycles. The van der Waals surface area contributed by atoms with E-state index in [0.29, 0.717) is 13.0 Å². The molecule has 5 nitrogen and oxygen atoms in total. The number of halogens is 1. The average Bonchev–Trinajstić information content (AvgIpc) is 3.16. The second-order valence-corrected chi connectivity index (χ2v) is 6.24. The highest BCUT2D eigenvalue weighted by Crippen LogP contribution is 2.28. The molecule has 0 radical (unpaired) electrons. The van der Waals surface area contributed by atoms with E-state index in [1.165, 1.54) is 17.2 Å². The van der Waals surface area contributed by atoms with Crippen LogP contribution < -0.4 is 5.06 Å². The summed E-state index contributed by atoms with van der Waals surface area (Å²) in [6, 6.07) is 18.1. The maximum atomic E-state index is 13.2. The minimum absolute atomic E-state index is 0.257. The van der Waals surface area contributed by atoms with Gasteiger partial charge in [0.05, 0.1) is 24.1 Å². The molecule has 2 heterocycles. The number of aromatic nitrogens is 2. The first-order valence-corrected chi connectivity index (χ1v) is 8.91. The molecule has 0 aliphatic carbocycles. The second-order valence-electron chi connectivity index (χ2n) is 6.24. The van der Waals surface area contributed by atoms with E-state index in [2.05, 4.69) is 4.98 Å². The van der Waals surface area contributed by atoms with Crippen molar-refractivity contribution < 1.29 is 14.0 Å². The van der Waals surface area contributed by atoms with Crippen molar-refractivity contribution in [3.8, 4) is 22.4 Å². The molecule has 0 saturated heterocycles. The van der Waals surface area contributed by atoms with Crippen LogP contribution in [-0.4, -0.2) is 22.4 Å². The van der Waals surface area contributed by atoms with Gasteiger partial charge in [-0.3, -0.25) is 9.20 Å². The van der Waals surface area contributed by atoms with Crippen LogP contribution in [0, 0.1) is 5.82 Å². The van der Waals surface area contributed by atoms with Crippen LogP contribution >= 0.6 is 0 Å². The van der Waals surface area contributed by atoms with Crippen molar-refractivity contribution in [2.75, 3.05) is 11.6 Å². The third kappa shape index (κ3) is 3.32. The Kier molecular flexibility index (Phi) is 4.76. The van der Waals surface area contributed by atoms with Crippen molar-refractivity contribution in [2.24, 2.45) is 0 Å². The molecule has 28 heavy (non-hydrogen) atoms. The lowest BCUT2D eigenvalue weighted by Gasteiger charge is -2.19. The molecule has 4 aromatic rings. The zero-order valence-electron chi connectivity index (χ0n) is 15.2. The van der Waals surface area contributed by atoms with Crippen LogP contribution in [0.1, 0.15) is 6.92 Å². The highest BCUT2D eigenvalue weighted by Gasteiger charge is 2.11. The van der Waals surface area contributed by atoms with Gasteiger partial charge in [0.25, 0.3) is 0 Å². The Labute approximate surface area is 161 Å². The number of fused-ring (bicyclic) bond motifs is 1. The lowest BCUT2D eigenvalue weighted by Crippen LogP contribution is -2.22. The summed E-state index contributed by atoms with van der Waals surface area (Å²) in [5.74, 6) is -0.257. The first-order chi connectivity index (χ1) is 13.7. The second kappa shape index (κ2) is 7.52. The molecule has 0 amide bonds. The molecule has 0 atom stereocenters. The standard InChI is InChI=1S/C22H18FN3O2/c1-2-26(28-15-27)20-5-3-4-18(12-20)21-14-24-22-13-17(10-11-25(21)22)16-6-8-19(23)9-7-16/h3-15H,2H2,1H3. The molecule has 0 bridgehead atoms. The van der Waals surface area contributed by atoms with Gasteiger partial charge in [-0.15, -0.1) is 0 Å². The third-order valence-electron chi connectivity index (χ3n) is 4.58. The van der Waals surface area contributed by atoms with Crippen molar-refractivity contribution in [2.45, 2.75) is 6.92 Å². The number of imidazole rings is 1. The number of carbonyl (C=O) groups excluding carboxylic acids is 1. The quantitative estimate of drug-likeness (QED) is 0.361. The zero-order valence-corrected chi connectivity index (χ0v) is 15.2. The molecular weight excluding hydrogens is 357 g/mol. The fraction of sp³-hybridized carbons (Fsp3) is 0.0909. The molecule has 0 saturated carbocycles. The first-order valence-electron chi connectivity index (χ1n) is 8.91. The summed E-state index contributed by atoms with van der Waals surface area (Å²) < 4.78 is 15.2. The van der Waals surface area contributed by atoms with Gasteiger partial charge in [-0.05, 0) is 54.4 Å². The Morgan fingerprint density at radius 3 is 2.64 bits per heavy atom. The minimum atomic E-state index is -0.257. The van der Waals surface area contributed by atoms with Gasteiger partial charge < -0.3 is 4.84 Å². The number of carbonyl (C=O) groups is 1. The van der Waals surface area contributed by atoms with Gasteiger partial charge in [0, 0.05) is 11.8 Å². The fourth-order valence-electron chi connectivity index (χ4n) is 3.21. The Morgan fingerprint density at radius 2 is 1.89 bits per heavy atom. The first kappa shape index (κ1) is 17.7. The van der Waals surface area contributed by atoms with Crippen molar-refractivity contribution in [3.05, 3.63) is 78.9 Å². The molecule has 0 aliphatic rings. The minimum Gasteiger partial charge on any atom is -0.344 e. The monoisotopic (exact) mass is 375 g/mol. The van der Waals surface area contributed by atoms with Crippen molar-refractivity contribution in [1.29, 1.82) is 0 Å². The summed E-state index contributed by atoms with van der Waals surface area (Å²) in [6.07, 6.45) is 3.75. The molecular formula is C22H18FN3O2.